The highest BCUT2D eigenvalue weighted by molar-refractivity contribution is 5.85. The summed E-state index contributed by atoms with van der Waals surface area (Å²) in [6.07, 6.45) is 1.05. The Morgan fingerprint density at radius 1 is 1.32 bits per heavy atom. The van der Waals surface area contributed by atoms with E-state index in [0.29, 0.717) is 12.6 Å². The van der Waals surface area contributed by atoms with Crippen LogP contribution in [-0.4, -0.2) is 65.7 Å². The van der Waals surface area contributed by atoms with Crippen molar-refractivity contribution in [3.63, 3.8) is 0 Å². The molecule has 0 aromatic heterocycles. The Morgan fingerprint density at radius 3 is 2.26 bits per heavy atom. The van der Waals surface area contributed by atoms with Gasteiger partial charge in [0.1, 0.15) is 5.54 Å². The Kier molecular flexibility index (Phi) is 6.83. The van der Waals surface area contributed by atoms with Crippen LogP contribution in [-0.2, 0) is 4.79 Å². The molecule has 19 heavy (non-hydrogen) atoms. The maximum Gasteiger partial charge on any atom is 0.329 e. The molecule has 6 heteroatoms. The molecule has 0 heterocycles. The van der Waals surface area contributed by atoms with Crippen LogP contribution in [0, 0.1) is 0 Å². The minimum Gasteiger partial charge on any atom is -0.480 e. The lowest BCUT2D eigenvalue weighted by atomic mass is 10.1. The number of likely N-dealkylation sites (N-methyl/N-ethyl adjacent to an activating group) is 2. The van der Waals surface area contributed by atoms with Crippen molar-refractivity contribution < 1.29 is 14.7 Å². The Labute approximate surface area is 115 Å². The maximum atomic E-state index is 11.8. The van der Waals surface area contributed by atoms with Crippen LogP contribution in [0.5, 0.6) is 0 Å². The van der Waals surface area contributed by atoms with E-state index in [-0.39, 0.29) is 6.03 Å². The Hall–Kier alpha value is -1.30. The van der Waals surface area contributed by atoms with Gasteiger partial charge < -0.3 is 20.2 Å². The standard InChI is InChI=1S/C13H27N3O3/c1-7-10(2)15(5)9-8-14-12(19)16(6)13(3,4)11(17)18/h10H,7-9H2,1-6H3,(H,14,19)(H,17,18). The summed E-state index contributed by atoms with van der Waals surface area (Å²) in [5.41, 5.74) is -1.22. The van der Waals surface area contributed by atoms with Crippen LogP contribution in [0.15, 0.2) is 0 Å². The van der Waals surface area contributed by atoms with Crippen molar-refractivity contribution in [1.29, 1.82) is 0 Å². The van der Waals surface area contributed by atoms with Crippen molar-refractivity contribution in [3.8, 4) is 0 Å². The second-order valence-corrected chi connectivity index (χ2v) is 5.39. The lowest BCUT2D eigenvalue weighted by Gasteiger charge is -2.32. The number of nitrogens with one attached hydrogen (secondary N) is 1. The van der Waals surface area contributed by atoms with Gasteiger partial charge in [-0.3, -0.25) is 0 Å². The molecule has 0 aromatic rings. The molecule has 1 atom stereocenters. The molecule has 6 nitrogen and oxygen atoms in total. The van der Waals surface area contributed by atoms with E-state index >= 15 is 0 Å². The van der Waals surface area contributed by atoms with Crippen LogP contribution in [0.2, 0.25) is 0 Å². The fourth-order valence-corrected chi connectivity index (χ4v) is 1.39. The highest BCUT2D eigenvalue weighted by Crippen LogP contribution is 2.12. The Bertz CT molecular complexity index is 318. The zero-order chi connectivity index (χ0) is 15.2. The quantitative estimate of drug-likeness (QED) is 0.731. The molecule has 0 bridgehead atoms. The van der Waals surface area contributed by atoms with Crippen LogP contribution in [0.4, 0.5) is 4.79 Å². The third-order valence-electron chi connectivity index (χ3n) is 3.75. The first-order valence-corrected chi connectivity index (χ1v) is 6.59. The average Bonchev–Trinajstić information content (AvgIpc) is 2.35. The predicted octanol–water partition coefficient (Wildman–Crippen LogP) is 1.22. The van der Waals surface area contributed by atoms with E-state index in [1.165, 1.54) is 25.8 Å². The number of rotatable bonds is 7. The average molecular weight is 273 g/mol. The van der Waals surface area contributed by atoms with Gasteiger partial charge in [-0.25, -0.2) is 9.59 Å². The summed E-state index contributed by atoms with van der Waals surface area (Å²) < 4.78 is 0. The monoisotopic (exact) mass is 273 g/mol. The fourth-order valence-electron chi connectivity index (χ4n) is 1.39. The summed E-state index contributed by atoms with van der Waals surface area (Å²) in [6.45, 7) is 8.48. The number of carboxylic acids is 1. The number of hydrogen-bond donors (Lipinski definition) is 2. The molecule has 0 radical (unpaired) electrons. The van der Waals surface area contributed by atoms with E-state index in [2.05, 4.69) is 24.1 Å². The minimum absolute atomic E-state index is 0.370. The molecule has 0 aromatic carbocycles. The number of carboxylic acid groups (broad SMARTS) is 1. The summed E-state index contributed by atoms with van der Waals surface area (Å²) in [4.78, 5) is 26.3. The second-order valence-electron chi connectivity index (χ2n) is 5.39. The number of amides is 2. The van der Waals surface area contributed by atoms with Crippen LogP contribution < -0.4 is 5.32 Å². The van der Waals surface area contributed by atoms with Crippen molar-refractivity contribution >= 4 is 12.0 Å². The molecular weight excluding hydrogens is 246 g/mol. The smallest absolute Gasteiger partial charge is 0.329 e. The molecular formula is C13H27N3O3. The van der Waals surface area contributed by atoms with Crippen molar-refractivity contribution in [2.75, 3.05) is 27.2 Å². The molecule has 0 rings (SSSR count). The topological polar surface area (TPSA) is 72.9 Å². The number of urea groups is 1. The first-order chi connectivity index (χ1) is 8.64. The molecule has 0 aliphatic heterocycles. The van der Waals surface area contributed by atoms with Gasteiger partial charge in [0.2, 0.25) is 0 Å². The molecule has 0 spiro atoms. The van der Waals surface area contributed by atoms with Gasteiger partial charge in [0, 0.05) is 26.2 Å². The van der Waals surface area contributed by atoms with Gasteiger partial charge in [-0.1, -0.05) is 6.92 Å². The van der Waals surface area contributed by atoms with Crippen LogP contribution in [0.3, 0.4) is 0 Å². The predicted molar refractivity (Wildman–Crippen MR) is 75.3 cm³/mol. The summed E-state index contributed by atoms with van der Waals surface area (Å²) in [5, 5.41) is 11.8. The van der Waals surface area contributed by atoms with E-state index in [1.54, 1.807) is 0 Å². The van der Waals surface area contributed by atoms with Crippen LogP contribution in [0.25, 0.3) is 0 Å². The van der Waals surface area contributed by atoms with Gasteiger partial charge in [-0.15, -0.1) is 0 Å². The molecule has 0 aliphatic carbocycles. The molecule has 0 saturated heterocycles. The molecule has 0 fully saturated rings. The first-order valence-electron chi connectivity index (χ1n) is 6.59. The number of nitrogens with zero attached hydrogens (tertiary/aromatic N) is 2. The number of carbonyl (C=O) groups excluding carboxylic acids is 1. The zero-order valence-electron chi connectivity index (χ0n) is 12.9. The highest BCUT2D eigenvalue weighted by Gasteiger charge is 2.35. The summed E-state index contributed by atoms with van der Waals surface area (Å²) >= 11 is 0. The van der Waals surface area contributed by atoms with Crippen molar-refractivity contribution in [2.45, 2.75) is 45.7 Å². The van der Waals surface area contributed by atoms with Gasteiger partial charge in [-0.05, 0) is 34.2 Å². The van der Waals surface area contributed by atoms with E-state index in [0.717, 1.165) is 13.0 Å². The second kappa shape index (κ2) is 7.33. The Balaban J connectivity index is 4.23. The maximum absolute atomic E-state index is 11.8. The van der Waals surface area contributed by atoms with Crippen molar-refractivity contribution in [3.05, 3.63) is 0 Å². The minimum atomic E-state index is -1.22. The van der Waals surface area contributed by atoms with Gasteiger partial charge in [0.15, 0.2) is 0 Å². The summed E-state index contributed by atoms with van der Waals surface area (Å²) in [5.74, 6) is -1.03. The highest BCUT2D eigenvalue weighted by atomic mass is 16.4. The Morgan fingerprint density at radius 2 is 1.84 bits per heavy atom. The van der Waals surface area contributed by atoms with E-state index in [1.807, 2.05) is 7.05 Å². The molecule has 2 N–H and O–H groups in total. The summed E-state index contributed by atoms with van der Waals surface area (Å²) in [6, 6.07) is 0.0926. The van der Waals surface area contributed by atoms with Crippen LogP contribution >= 0.6 is 0 Å². The SMILES string of the molecule is CCC(C)N(C)CCNC(=O)N(C)C(C)(C)C(=O)O. The third kappa shape index (κ3) is 5.06. The van der Waals surface area contributed by atoms with E-state index in [9.17, 15) is 9.59 Å². The van der Waals surface area contributed by atoms with Crippen LogP contribution in [0.1, 0.15) is 34.1 Å². The number of aliphatic carboxylic acids is 1. The number of hydrogen-bond acceptors (Lipinski definition) is 3. The summed E-state index contributed by atoms with van der Waals surface area (Å²) in [7, 11) is 3.49. The fraction of sp³-hybridized carbons (Fsp3) is 0.846. The molecule has 0 saturated carbocycles. The number of carbonyl (C=O) groups is 2. The normalized spacial score (nSPS) is 13.2. The van der Waals surface area contributed by atoms with Crippen molar-refractivity contribution in [2.24, 2.45) is 0 Å². The van der Waals surface area contributed by atoms with Crippen molar-refractivity contribution in [1.82, 2.24) is 15.1 Å². The van der Waals surface area contributed by atoms with Gasteiger partial charge >= 0.3 is 12.0 Å². The molecule has 2 amide bonds. The lowest BCUT2D eigenvalue weighted by molar-refractivity contribution is -0.146. The molecule has 112 valence electrons. The van der Waals surface area contributed by atoms with Gasteiger partial charge in [0.05, 0.1) is 0 Å². The zero-order valence-corrected chi connectivity index (χ0v) is 12.9. The van der Waals surface area contributed by atoms with Gasteiger partial charge in [-0.2, -0.15) is 0 Å². The lowest BCUT2D eigenvalue weighted by Crippen LogP contribution is -2.54. The molecule has 1 unspecified atom stereocenters. The third-order valence-corrected chi connectivity index (χ3v) is 3.75. The van der Waals surface area contributed by atoms with E-state index in [4.69, 9.17) is 5.11 Å². The largest absolute Gasteiger partial charge is 0.480 e. The first kappa shape index (κ1) is 17.7. The van der Waals surface area contributed by atoms with Gasteiger partial charge in [0.25, 0.3) is 0 Å². The molecule has 0 aliphatic rings. The van der Waals surface area contributed by atoms with E-state index < -0.39 is 11.5 Å².